The van der Waals surface area contributed by atoms with Crippen molar-refractivity contribution in [1.82, 2.24) is 5.32 Å². The molecule has 1 amide bonds. The number of carbonyl (C=O) groups excluding carboxylic acids is 1. The molecule has 2 aromatic rings. The first-order chi connectivity index (χ1) is 14.0. The summed E-state index contributed by atoms with van der Waals surface area (Å²) in [5, 5.41) is 1.33. The van der Waals surface area contributed by atoms with E-state index >= 15 is 0 Å². The maximum Gasteiger partial charge on any atom is 0.439 e. The maximum absolute atomic E-state index is 13.6. The molecule has 0 spiro atoms. The van der Waals surface area contributed by atoms with Gasteiger partial charge in [-0.3, -0.25) is 4.79 Å². The molecule has 14 heteroatoms. The number of halogens is 11. The third-order valence-electron chi connectivity index (χ3n) is 3.87. The SMILES string of the molecule is O=C(NC(Nc1ccc(C(F)(F)F)cc1)(C(F)(F)F)C(F)(F)F)c1ccc(Cl)cc1Cl. The minimum absolute atomic E-state index is 0.0395. The third kappa shape index (κ3) is 5.29. The van der Waals surface area contributed by atoms with Gasteiger partial charge < -0.3 is 10.6 Å². The predicted molar refractivity (Wildman–Crippen MR) is 93.8 cm³/mol. The van der Waals surface area contributed by atoms with Crippen molar-refractivity contribution in [3.8, 4) is 0 Å². The van der Waals surface area contributed by atoms with Crippen molar-refractivity contribution in [2.24, 2.45) is 0 Å². The van der Waals surface area contributed by atoms with Gasteiger partial charge in [-0.15, -0.1) is 0 Å². The number of nitrogens with one attached hydrogen (secondary N) is 2. The lowest BCUT2D eigenvalue weighted by atomic mass is 10.1. The van der Waals surface area contributed by atoms with Crippen LogP contribution in [-0.4, -0.2) is 23.9 Å². The Hall–Kier alpha value is -2.34. The number of carbonyl (C=O) groups is 1. The summed E-state index contributed by atoms with van der Waals surface area (Å²) < 4.78 is 120. The van der Waals surface area contributed by atoms with E-state index in [1.165, 1.54) is 0 Å². The first kappa shape index (κ1) is 24.9. The van der Waals surface area contributed by atoms with Gasteiger partial charge in [0.15, 0.2) is 0 Å². The fraction of sp³-hybridized carbons (Fsp3) is 0.235. The Labute approximate surface area is 178 Å². The highest BCUT2D eigenvalue weighted by Crippen LogP contribution is 2.44. The number of benzene rings is 2. The van der Waals surface area contributed by atoms with Crippen LogP contribution in [0.5, 0.6) is 0 Å². The van der Waals surface area contributed by atoms with Gasteiger partial charge in [-0.05, 0) is 42.5 Å². The molecule has 0 fully saturated rings. The summed E-state index contributed by atoms with van der Waals surface area (Å²) in [6, 6.07) is 4.00. The molecule has 170 valence electrons. The van der Waals surface area contributed by atoms with Crippen molar-refractivity contribution in [3.63, 3.8) is 0 Å². The quantitative estimate of drug-likeness (QED) is 0.365. The zero-order chi connectivity index (χ0) is 23.8. The average molecular weight is 499 g/mol. The molecule has 0 saturated carbocycles. The first-order valence-corrected chi connectivity index (χ1v) is 8.60. The number of rotatable bonds is 4. The minimum atomic E-state index is -6.18. The number of alkyl halides is 9. The molecule has 0 aliphatic heterocycles. The number of amides is 1. The number of hydrogen-bond donors (Lipinski definition) is 2. The van der Waals surface area contributed by atoms with Crippen molar-refractivity contribution in [1.29, 1.82) is 0 Å². The fourth-order valence-electron chi connectivity index (χ4n) is 2.35. The summed E-state index contributed by atoms with van der Waals surface area (Å²) >= 11 is 11.3. The van der Waals surface area contributed by atoms with Crippen LogP contribution in [0.3, 0.4) is 0 Å². The molecule has 31 heavy (non-hydrogen) atoms. The highest BCUT2D eigenvalue weighted by Gasteiger charge is 2.72. The second kappa shape index (κ2) is 8.30. The Balaban J connectivity index is 2.52. The third-order valence-corrected chi connectivity index (χ3v) is 4.42. The summed E-state index contributed by atoms with van der Waals surface area (Å²) in [5.74, 6) is -1.87. The molecule has 0 aromatic heterocycles. The summed E-state index contributed by atoms with van der Waals surface area (Å²) in [6.07, 6.45) is -17.2. The van der Waals surface area contributed by atoms with Gasteiger partial charge in [0.1, 0.15) is 0 Å². The molecular formula is C17H9Cl2F9N2O. The normalized spacial score (nSPS) is 13.1. The van der Waals surface area contributed by atoms with E-state index in [4.69, 9.17) is 23.2 Å². The Kier molecular flexibility index (Phi) is 6.68. The Morgan fingerprint density at radius 2 is 1.29 bits per heavy atom. The van der Waals surface area contributed by atoms with Crippen molar-refractivity contribution in [2.75, 3.05) is 5.32 Å². The van der Waals surface area contributed by atoms with Crippen LogP contribution in [0, 0.1) is 0 Å². The van der Waals surface area contributed by atoms with Gasteiger partial charge in [0.05, 0.1) is 16.1 Å². The molecule has 0 radical (unpaired) electrons. The van der Waals surface area contributed by atoms with E-state index in [0.717, 1.165) is 28.8 Å². The van der Waals surface area contributed by atoms with Crippen LogP contribution < -0.4 is 10.6 Å². The van der Waals surface area contributed by atoms with Crippen LogP contribution in [0.1, 0.15) is 15.9 Å². The summed E-state index contributed by atoms with van der Waals surface area (Å²) in [6.45, 7) is 0. The van der Waals surface area contributed by atoms with Crippen LogP contribution in [0.25, 0.3) is 0 Å². The number of hydrogen-bond acceptors (Lipinski definition) is 2. The van der Waals surface area contributed by atoms with Gasteiger partial charge in [-0.25, -0.2) is 0 Å². The highest BCUT2D eigenvalue weighted by molar-refractivity contribution is 6.36. The minimum Gasteiger partial charge on any atom is -0.348 e. The van der Waals surface area contributed by atoms with Crippen LogP contribution >= 0.6 is 23.2 Å². The summed E-state index contributed by atoms with van der Waals surface area (Å²) in [7, 11) is 0. The van der Waals surface area contributed by atoms with E-state index in [2.05, 4.69) is 0 Å². The zero-order valence-corrected chi connectivity index (χ0v) is 16.1. The van der Waals surface area contributed by atoms with Crippen molar-refractivity contribution in [2.45, 2.75) is 24.2 Å². The second-order valence-corrected chi connectivity index (χ2v) is 6.87. The molecule has 0 saturated heterocycles. The van der Waals surface area contributed by atoms with E-state index in [1.54, 1.807) is 0 Å². The topological polar surface area (TPSA) is 41.1 Å². The molecule has 0 heterocycles. The first-order valence-electron chi connectivity index (χ1n) is 7.84. The molecule has 0 aliphatic carbocycles. The average Bonchev–Trinajstić information content (AvgIpc) is 2.58. The van der Waals surface area contributed by atoms with Gasteiger partial charge in [-0.2, -0.15) is 39.5 Å². The zero-order valence-electron chi connectivity index (χ0n) is 14.6. The predicted octanol–water partition coefficient (Wildman–Crippen LogP) is 6.68. The van der Waals surface area contributed by atoms with E-state index in [1.807, 2.05) is 0 Å². The van der Waals surface area contributed by atoms with Crippen LogP contribution in [0.2, 0.25) is 10.0 Å². The molecular weight excluding hydrogens is 490 g/mol. The second-order valence-electron chi connectivity index (χ2n) is 6.02. The largest absolute Gasteiger partial charge is 0.439 e. The van der Waals surface area contributed by atoms with E-state index in [0.29, 0.717) is 12.1 Å². The van der Waals surface area contributed by atoms with Gasteiger partial charge >= 0.3 is 24.2 Å². The van der Waals surface area contributed by atoms with E-state index in [9.17, 15) is 44.3 Å². The molecule has 0 bridgehead atoms. The van der Waals surface area contributed by atoms with Crippen molar-refractivity contribution in [3.05, 3.63) is 63.6 Å². The van der Waals surface area contributed by atoms with E-state index < -0.39 is 51.9 Å². The Morgan fingerprint density at radius 1 is 0.774 bits per heavy atom. The lowest BCUT2D eigenvalue weighted by molar-refractivity contribution is -0.294. The molecule has 0 aliphatic rings. The monoisotopic (exact) mass is 498 g/mol. The standard InChI is InChI=1S/C17H9Cl2F9N2O/c18-9-3-6-11(12(19)7-9)13(31)30-15(16(23,24)25,17(26,27)28)29-10-4-1-8(2-5-10)14(20,21)22/h1-7,29H,(H,30,31). The lowest BCUT2D eigenvalue weighted by Crippen LogP contribution is -2.72. The van der Waals surface area contributed by atoms with E-state index in [-0.39, 0.29) is 17.2 Å². The van der Waals surface area contributed by atoms with Gasteiger partial charge in [0.2, 0.25) is 0 Å². The van der Waals surface area contributed by atoms with Crippen molar-refractivity contribution >= 4 is 34.8 Å². The molecule has 2 N–H and O–H groups in total. The molecule has 2 rings (SSSR count). The fourth-order valence-corrected chi connectivity index (χ4v) is 2.84. The summed E-state index contributed by atoms with van der Waals surface area (Å²) in [4.78, 5) is 12.2. The van der Waals surface area contributed by atoms with Crippen LogP contribution in [0.4, 0.5) is 45.2 Å². The van der Waals surface area contributed by atoms with Crippen molar-refractivity contribution < 1.29 is 44.3 Å². The highest BCUT2D eigenvalue weighted by atomic mass is 35.5. The van der Waals surface area contributed by atoms with Gasteiger partial charge in [-0.1, -0.05) is 23.2 Å². The number of anilines is 1. The molecule has 3 nitrogen and oxygen atoms in total. The van der Waals surface area contributed by atoms with Crippen LogP contribution in [0.15, 0.2) is 42.5 Å². The summed E-state index contributed by atoms with van der Waals surface area (Å²) in [5.41, 5.74) is -8.11. The lowest BCUT2D eigenvalue weighted by Gasteiger charge is -2.39. The molecule has 2 aromatic carbocycles. The van der Waals surface area contributed by atoms with Gasteiger partial charge in [0.25, 0.3) is 5.91 Å². The van der Waals surface area contributed by atoms with Gasteiger partial charge in [0, 0.05) is 10.7 Å². The molecule has 0 atom stereocenters. The molecule has 0 unspecified atom stereocenters. The maximum atomic E-state index is 13.6. The smallest absolute Gasteiger partial charge is 0.348 e. The Bertz CT molecular complexity index is 940. The Morgan fingerprint density at radius 3 is 1.71 bits per heavy atom. The van der Waals surface area contributed by atoms with Crippen LogP contribution in [-0.2, 0) is 6.18 Å².